The van der Waals surface area contributed by atoms with E-state index in [0.717, 1.165) is 6.42 Å². The predicted molar refractivity (Wildman–Crippen MR) is 73.3 cm³/mol. The van der Waals surface area contributed by atoms with Crippen molar-refractivity contribution in [2.45, 2.75) is 40.4 Å². The Hall–Kier alpha value is -0.870. The van der Waals surface area contributed by atoms with Gasteiger partial charge in [-0.05, 0) is 20.3 Å². The van der Waals surface area contributed by atoms with Gasteiger partial charge in [-0.2, -0.15) is 0 Å². The average molecular weight is 269 g/mol. The molecule has 0 aromatic heterocycles. The molecule has 0 bridgehead atoms. The first-order valence-corrected chi connectivity index (χ1v) is 6.61. The summed E-state index contributed by atoms with van der Waals surface area (Å²) in [6.07, 6.45) is 0.525. The summed E-state index contributed by atoms with van der Waals surface area (Å²) >= 11 is 0. The molecule has 0 atom stereocenters. The van der Waals surface area contributed by atoms with Gasteiger partial charge in [0.15, 0.2) is 6.29 Å². The Balaban J connectivity index is 2.50. The van der Waals surface area contributed by atoms with Crippen molar-refractivity contribution in [1.82, 2.24) is 0 Å². The van der Waals surface area contributed by atoms with E-state index in [-0.39, 0.29) is 24.3 Å². The van der Waals surface area contributed by atoms with Crippen LogP contribution in [0.15, 0.2) is 12.2 Å². The monoisotopic (exact) mass is 269 g/mol. The SMILES string of the molecule is [CH2]C1(CC)COC(C(C)(C)COC(=O)C(=C)C)OC1. The van der Waals surface area contributed by atoms with Gasteiger partial charge in [0.05, 0.1) is 13.2 Å². The third kappa shape index (κ3) is 4.32. The quantitative estimate of drug-likeness (QED) is 0.568. The van der Waals surface area contributed by atoms with Gasteiger partial charge in [0.1, 0.15) is 6.61 Å². The Morgan fingerprint density at radius 2 is 1.95 bits per heavy atom. The van der Waals surface area contributed by atoms with Crippen molar-refractivity contribution < 1.29 is 19.0 Å². The van der Waals surface area contributed by atoms with Gasteiger partial charge in [-0.3, -0.25) is 0 Å². The standard InChI is InChI=1S/C15H25O4/c1-7-15(6)9-18-13(19-10-15)14(4,5)8-17-12(16)11(2)3/h13H,2,6-10H2,1,3-5H3. The minimum atomic E-state index is -0.403. The molecule has 1 radical (unpaired) electrons. The number of hydrogen-bond acceptors (Lipinski definition) is 4. The van der Waals surface area contributed by atoms with E-state index in [1.807, 2.05) is 13.8 Å². The maximum Gasteiger partial charge on any atom is 0.333 e. The second kappa shape index (κ2) is 6.06. The molecule has 0 spiro atoms. The lowest BCUT2D eigenvalue weighted by Crippen LogP contribution is -2.47. The Morgan fingerprint density at radius 1 is 1.42 bits per heavy atom. The van der Waals surface area contributed by atoms with Crippen molar-refractivity contribution >= 4 is 5.97 Å². The zero-order chi connectivity index (χ0) is 14.7. The Morgan fingerprint density at radius 3 is 2.37 bits per heavy atom. The van der Waals surface area contributed by atoms with Crippen LogP contribution in [0.25, 0.3) is 0 Å². The molecule has 0 unspecified atom stereocenters. The summed E-state index contributed by atoms with van der Waals surface area (Å²) < 4.78 is 16.7. The summed E-state index contributed by atoms with van der Waals surface area (Å²) in [4.78, 5) is 11.4. The first-order chi connectivity index (χ1) is 8.70. The highest BCUT2D eigenvalue weighted by Gasteiger charge is 2.40. The molecule has 4 heteroatoms. The predicted octanol–water partition coefficient (Wildman–Crippen LogP) is 2.74. The lowest BCUT2D eigenvalue weighted by atomic mass is 9.87. The number of carbonyl (C=O) groups excluding carboxylic acids is 1. The summed E-state index contributed by atoms with van der Waals surface area (Å²) in [6.45, 7) is 16.6. The van der Waals surface area contributed by atoms with E-state index in [2.05, 4.69) is 20.4 Å². The van der Waals surface area contributed by atoms with E-state index in [9.17, 15) is 4.79 Å². The second-order valence-corrected chi connectivity index (χ2v) is 6.15. The van der Waals surface area contributed by atoms with Crippen LogP contribution < -0.4 is 0 Å². The zero-order valence-electron chi connectivity index (χ0n) is 12.5. The van der Waals surface area contributed by atoms with E-state index >= 15 is 0 Å². The molecule has 0 saturated carbocycles. The molecule has 109 valence electrons. The Kier molecular flexibility index (Phi) is 5.16. The van der Waals surface area contributed by atoms with Crippen LogP contribution in [0, 0.1) is 17.8 Å². The highest BCUT2D eigenvalue weighted by Crippen LogP contribution is 2.34. The van der Waals surface area contributed by atoms with E-state index in [1.165, 1.54) is 0 Å². The fraction of sp³-hybridized carbons (Fsp3) is 0.733. The molecular formula is C15H25O4. The molecule has 1 rings (SSSR count). The smallest absolute Gasteiger partial charge is 0.333 e. The summed E-state index contributed by atoms with van der Waals surface area (Å²) in [7, 11) is 0. The van der Waals surface area contributed by atoms with E-state index in [4.69, 9.17) is 14.2 Å². The van der Waals surface area contributed by atoms with Crippen LogP contribution in [0.2, 0.25) is 0 Å². The first kappa shape index (κ1) is 16.2. The lowest BCUT2D eigenvalue weighted by Gasteiger charge is -2.42. The van der Waals surface area contributed by atoms with Gasteiger partial charge >= 0.3 is 5.97 Å². The van der Waals surface area contributed by atoms with Crippen LogP contribution >= 0.6 is 0 Å². The molecule has 4 nitrogen and oxygen atoms in total. The molecule has 0 aromatic carbocycles. The molecular weight excluding hydrogens is 244 g/mol. The third-order valence-corrected chi connectivity index (χ3v) is 3.39. The van der Waals surface area contributed by atoms with Gasteiger partial charge in [-0.1, -0.05) is 27.4 Å². The minimum Gasteiger partial charge on any atom is -0.462 e. The maximum absolute atomic E-state index is 11.4. The molecule has 0 aromatic rings. The van der Waals surface area contributed by atoms with Gasteiger partial charge < -0.3 is 14.2 Å². The lowest BCUT2D eigenvalue weighted by molar-refractivity contribution is -0.267. The molecule has 1 aliphatic rings. The molecule has 19 heavy (non-hydrogen) atoms. The van der Waals surface area contributed by atoms with Crippen LogP contribution in [0.4, 0.5) is 0 Å². The molecule has 1 aliphatic heterocycles. The molecule has 1 saturated heterocycles. The normalized spacial score (nSPS) is 27.9. The van der Waals surface area contributed by atoms with Gasteiger partial charge in [0, 0.05) is 16.4 Å². The highest BCUT2D eigenvalue weighted by atomic mass is 16.7. The number of rotatable bonds is 5. The number of carbonyl (C=O) groups is 1. The molecule has 0 amide bonds. The minimum absolute atomic E-state index is 0.166. The zero-order valence-corrected chi connectivity index (χ0v) is 12.5. The van der Waals surface area contributed by atoms with Crippen LogP contribution in [-0.4, -0.2) is 32.1 Å². The third-order valence-electron chi connectivity index (χ3n) is 3.39. The fourth-order valence-electron chi connectivity index (χ4n) is 1.69. The Bertz CT molecular complexity index is 338. The van der Waals surface area contributed by atoms with Crippen LogP contribution in [-0.2, 0) is 19.0 Å². The van der Waals surface area contributed by atoms with E-state index < -0.39 is 5.41 Å². The summed E-state index contributed by atoms with van der Waals surface area (Å²) in [5, 5.41) is 0. The number of hydrogen-bond donors (Lipinski definition) is 0. The molecule has 1 heterocycles. The van der Waals surface area contributed by atoms with Gasteiger partial charge in [0.25, 0.3) is 0 Å². The average Bonchev–Trinajstić information content (AvgIpc) is 2.36. The fourth-order valence-corrected chi connectivity index (χ4v) is 1.69. The van der Waals surface area contributed by atoms with Crippen LogP contribution in [0.5, 0.6) is 0 Å². The van der Waals surface area contributed by atoms with Crippen molar-refractivity contribution in [2.75, 3.05) is 19.8 Å². The maximum atomic E-state index is 11.4. The van der Waals surface area contributed by atoms with Crippen molar-refractivity contribution in [3.05, 3.63) is 19.1 Å². The van der Waals surface area contributed by atoms with Gasteiger partial charge in [-0.15, -0.1) is 0 Å². The first-order valence-electron chi connectivity index (χ1n) is 6.61. The summed E-state index contributed by atoms with van der Waals surface area (Å²) in [5.41, 5.74) is -0.176. The molecule has 0 aliphatic carbocycles. The van der Waals surface area contributed by atoms with E-state index in [0.29, 0.717) is 18.8 Å². The van der Waals surface area contributed by atoms with Crippen molar-refractivity contribution in [2.24, 2.45) is 10.8 Å². The van der Waals surface area contributed by atoms with Crippen molar-refractivity contribution in [3.63, 3.8) is 0 Å². The largest absolute Gasteiger partial charge is 0.462 e. The Labute approximate surface area is 116 Å². The van der Waals surface area contributed by atoms with Gasteiger partial charge in [-0.25, -0.2) is 4.79 Å². The second-order valence-electron chi connectivity index (χ2n) is 6.15. The van der Waals surface area contributed by atoms with E-state index in [1.54, 1.807) is 6.92 Å². The number of esters is 1. The van der Waals surface area contributed by atoms with Crippen molar-refractivity contribution in [1.29, 1.82) is 0 Å². The topological polar surface area (TPSA) is 44.8 Å². The summed E-state index contributed by atoms with van der Waals surface area (Å²) in [6, 6.07) is 0. The molecule has 0 N–H and O–H groups in total. The number of ether oxygens (including phenoxy) is 3. The van der Waals surface area contributed by atoms with Crippen molar-refractivity contribution in [3.8, 4) is 0 Å². The van der Waals surface area contributed by atoms with Gasteiger partial charge in [0.2, 0.25) is 0 Å². The molecule has 1 fully saturated rings. The summed E-state index contributed by atoms with van der Waals surface area (Å²) in [5.74, 6) is -0.385. The van der Waals surface area contributed by atoms with Crippen LogP contribution in [0.3, 0.4) is 0 Å². The highest BCUT2D eigenvalue weighted by molar-refractivity contribution is 5.86. The van der Waals surface area contributed by atoms with Crippen LogP contribution in [0.1, 0.15) is 34.1 Å².